The molecule has 1 aromatic heterocycles. The number of carbonyl (C=O) groups is 2. The number of unbranched alkanes of at least 4 members (excludes halogenated alkanes) is 18. The lowest BCUT2D eigenvalue weighted by Crippen LogP contribution is -2.36. The van der Waals surface area contributed by atoms with Crippen molar-refractivity contribution in [3.8, 4) is 0 Å². The molecule has 0 spiro atoms. The molecule has 0 bridgehead atoms. The molecule has 1 aliphatic rings. The number of allylic oxidation sites excluding steroid dienone is 6. The van der Waals surface area contributed by atoms with Gasteiger partial charge in [-0.1, -0.05) is 179 Å². The van der Waals surface area contributed by atoms with Gasteiger partial charge < -0.3 is 45.1 Å². The van der Waals surface area contributed by atoms with E-state index >= 15 is 0 Å². The highest BCUT2D eigenvalue weighted by atomic mass is 31.3. The number of nitrogen functional groups attached to an aromatic ring is 1. The zero-order valence-corrected chi connectivity index (χ0v) is 46.2. The monoisotopic (exact) mass is 1090 g/mol. The van der Waals surface area contributed by atoms with Crippen LogP contribution in [0, 0.1) is 5.92 Å². The normalized spacial score (nSPS) is 19.7. The first kappa shape index (κ1) is 66.8. The first-order valence-electron chi connectivity index (χ1n) is 27.1. The van der Waals surface area contributed by atoms with Gasteiger partial charge in [0.1, 0.15) is 30.7 Å². The molecule has 0 aromatic carbocycles. The highest BCUT2D eigenvalue weighted by Crippen LogP contribution is 2.60. The molecule has 0 amide bonds. The number of nitrogens with zero attached hydrogens (tertiary/aromatic N) is 2. The molecule has 1 aliphatic heterocycles. The van der Waals surface area contributed by atoms with Gasteiger partial charge in [0.05, 0.1) is 19.3 Å². The molecule has 7 N–H and O–H groups in total. The summed E-state index contributed by atoms with van der Waals surface area (Å²) in [7, 11) is -10.9. The maximum absolute atomic E-state index is 12.9. The Morgan fingerprint density at radius 2 is 1.35 bits per heavy atom. The summed E-state index contributed by atoms with van der Waals surface area (Å²) in [5.74, 6) is -0.634. The molecule has 0 radical (unpaired) electrons. The molecule has 1 saturated heterocycles. The van der Waals surface area contributed by atoms with Gasteiger partial charge >= 0.3 is 33.3 Å². The number of rotatable bonds is 44. The summed E-state index contributed by atoms with van der Waals surface area (Å²) >= 11 is 0. The van der Waals surface area contributed by atoms with Crippen molar-refractivity contribution in [2.24, 2.45) is 5.92 Å². The van der Waals surface area contributed by atoms with Gasteiger partial charge in [-0.3, -0.25) is 23.2 Å². The minimum absolute atomic E-state index is 0.00769. The van der Waals surface area contributed by atoms with Crippen LogP contribution in [0.2, 0.25) is 0 Å². The minimum Gasteiger partial charge on any atom is -0.462 e. The molecule has 19 nitrogen and oxygen atoms in total. The fourth-order valence-electron chi connectivity index (χ4n) is 7.92. The summed E-state index contributed by atoms with van der Waals surface area (Å²) in [5.41, 5.74) is 4.58. The van der Waals surface area contributed by atoms with Crippen molar-refractivity contribution in [1.29, 1.82) is 0 Å². The summed E-state index contributed by atoms with van der Waals surface area (Å²) in [6.45, 7) is 4.33. The average Bonchev–Trinajstić information content (AvgIpc) is 3.62. The molecule has 0 aliphatic carbocycles. The van der Waals surface area contributed by atoms with Crippen molar-refractivity contribution in [3.05, 3.63) is 71.4 Å². The zero-order chi connectivity index (χ0) is 54.5. The van der Waals surface area contributed by atoms with Crippen molar-refractivity contribution < 1.29 is 71.4 Å². The van der Waals surface area contributed by atoms with E-state index < -0.39 is 89.8 Å². The molecule has 2 rings (SSSR count). The van der Waals surface area contributed by atoms with Crippen LogP contribution >= 0.6 is 15.6 Å². The summed E-state index contributed by atoms with van der Waals surface area (Å²) in [4.78, 5) is 62.0. The van der Waals surface area contributed by atoms with Crippen molar-refractivity contribution >= 4 is 33.4 Å². The highest BCUT2D eigenvalue weighted by Gasteiger charge is 2.46. The molecule has 1 fully saturated rings. The Labute approximate surface area is 440 Å². The number of phosphoric acid groups is 2. The second-order valence-corrected chi connectivity index (χ2v) is 22.5. The number of hydrogen-bond acceptors (Lipinski definition) is 16. The molecule has 8 atom stereocenters. The van der Waals surface area contributed by atoms with E-state index in [1.807, 2.05) is 18.2 Å². The Balaban J connectivity index is 1.82. The van der Waals surface area contributed by atoms with Gasteiger partial charge in [-0.15, -0.1) is 0 Å². The number of nitrogens with two attached hydrogens (primary N) is 1. The fraction of sp³-hybridized carbons (Fsp3) is 0.736. The first-order chi connectivity index (χ1) is 35.4. The summed E-state index contributed by atoms with van der Waals surface area (Å²) in [6.07, 6.45) is 33.6. The number of carbonyl (C=O) groups excluding carboxylic acids is 2. The molecular weight excluding hydrogens is 997 g/mol. The van der Waals surface area contributed by atoms with Crippen LogP contribution in [-0.2, 0) is 46.3 Å². The summed E-state index contributed by atoms with van der Waals surface area (Å²) in [6, 6.07) is 1.24. The van der Waals surface area contributed by atoms with Crippen LogP contribution in [-0.4, -0.2) is 96.9 Å². The number of anilines is 1. The average molecular weight is 1090 g/mol. The SMILES string of the molecule is CCCCC/C=C\C/C=C\CC(O)/C=C\C=C\CCCC(=O)OC[C@H](COP(=O)(O)OP(=O)(O)OC[C@H]1O[C@@H](n2ccc(N)nc2=O)[C@H](O)[C@@H]1O)OC(=O)CCCCCCCCCCCCCCCCCC(C)C. The lowest BCUT2D eigenvalue weighted by molar-refractivity contribution is -0.161. The van der Waals surface area contributed by atoms with Gasteiger partial charge in [0.25, 0.3) is 0 Å². The molecule has 3 unspecified atom stereocenters. The largest absolute Gasteiger partial charge is 0.481 e. The first-order valence-corrected chi connectivity index (χ1v) is 30.1. The number of aliphatic hydroxyl groups excluding tert-OH is 3. The molecular formula is C53H91N3O16P2. The van der Waals surface area contributed by atoms with Crippen molar-refractivity contribution in [2.75, 3.05) is 25.6 Å². The van der Waals surface area contributed by atoms with Crippen molar-refractivity contribution in [2.45, 2.75) is 224 Å². The highest BCUT2D eigenvalue weighted by molar-refractivity contribution is 7.61. The predicted octanol–water partition coefficient (Wildman–Crippen LogP) is 10.6. The molecule has 424 valence electrons. The maximum Gasteiger partial charge on any atom is 0.481 e. The number of phosphoric ester groups is 2. The Morgan fingerprint density at radius 3 is 1.99 bits per heavy atom. The van der Waals surface area contributed by atoms with Gasteiger partial charge in [0, 0.05) is 19.0 Å². The Kier molecular flexibility index (Phi) is 36.1. The van der Waals surface area contributed by atoms with Crippen LogP contribution in [0.3, 0.4) is 0 Å². The quantitative estimate of drug-likeness (QED) is 0.0116. The number of esters is 2. The molecule has 21 heteroatoms. The lowest BCUT2D eigenvalue weighted by Gasteiger charge is -2.21. The standard InChI is InChI=1S/C53H91N3O16P2/c1-4-5-6-7-8-16-20-24-29-34-44(57)35-30-25-22-27-31-36-48(58)67-40-45(70-49(59)37-32-26-21-18-15-13-11-9-10-12-14-17-19-23-28-33-43(2)3)41-68-73(63,64)72-74(65,66)69-42-46-50(60)51(61)52(71-46)56-39-38-47(54)55-53(56)62/h8,16,22,24-25,29-30,35,38-39,43-46,50-52,57,60-61H,4-7,9-15,17-21,23,26-28,31-34,36-37,40-42H2,1-3H3,(H,63,64)(H,65,66)(H2,54,55,62)/b16-8-,25-22+,29-24-,35-30-/t44?,45-,46-,50-,51-,52-/m1/s1. The Hall–Kier alpha value is -3.32. The fourth-order valence-corrected chi connectivity index (χ4v) is 10.0. The van der Waals surface area contributed by atoms with Crippen LogP contribution < -0.4 is 11.4 Å². The van der Waals surface area contributed by atoms with Crippen LogP contribution in [0.25, 0.3) is 0 Å². The number of ether oxygens (including phenoxy) is 3. The summed E-state index contributed by atoms with van der Waals surface area (Å²) < 4.78 is 56.8. The summed E-state index contributed by atoms with van der Waals surface area (Å²) in [5, 5.41) is 31.1. The van der Waals surface area contributed by atoms with E-state index in [1.165, 1.54) is 96.0 Å². The van der Waals surface area contributed by atoms with E-state index in [0.29, 0.717) is 25.7 Å². The van der Waals surface area contributed by atoms with Crippen LogP contribution in [0.15, 0.2) is 65.7 Å². The lowest BCUT2D eigenvalue weighted by atomic mass is 10.0. The second kappa shape index (κ2) is 40.0. The zero-order valence-electron chi connectivity index (χ0n) is 44.4. The van der Waals surface area contributed by atoms with E-state index in [0.717, 1.165) is 55.2 Å². The third-order valence-electron chi connectivity index (χ3n) is 12.2. The second-order valence-electron chi connectivity index (χ2n) is 19.4. The Bertz CT molecular complexity index is 1960. The van der Waals surface area contributed by atoms with E-state index in [1.54, 1.807) is 18.2 Å². The van der Waals surface area contributed by atoms with Crippen molar-refractivity contribution in [1.82, 2.24) is 9.55 Å². The third kappa shape index (κ3) is 33.0. The van der Waals surface area contributed by atoms with Gasteiger partial charge in [0.15, 0.2) is 12.3 Å². The van der Waals surface area contributed by atoms with Crippen LogP contribution in [0.5, 0.6) is 0 Å². The molecule has 0 saturated carbocycles. The molecule has 1 aromatic rings. The minimum atomic E-state index is -5.45. The smallest absolute Gasteiger partial charge is 0.462 e. The number of hydrogen-bond donors (Lipinski definition) is 6. The van der Waals surface area contributed by atoms with E-state index in [4.69, 9.17) is 29.0 Å². The number of aliphatic hydroxyl groups is 3. The van der Waals surface area contributed by atoms with E-state index in [-0.39, 0.29) is 18.7 Å². The van der Waals surface area contributed by atoms with Crippen LogP contribution in [0.1, 0.15) is 194 Å². The third-order valence-corrected chi connectivity index (χ3v) is 14.8. The van der Waals surface area contributed by atoms with Crippen LogP contribution in [0.4, 0.5) is 5.82 Å². The number of aromatic nitrogens is 2. The van der Waals surface area contributed by atoms with Gasteiger partial charge in [-0.05, 0) is 56.9 Å². The molecule has 2 heterocycles. The van der Waals surface area contributed by atoms with E-state index in [9.17, 15) is 48.6 Å². The van der Waals surface area contributed by atoms with Gasteiger partial charge in [-0.25, -0.2) is 13.9 Å². The maximum atomic E-state index is 12.9. The van der Waals surface area contributed by atoms with Crippen molar-refractivity contribution in [3.63, 3.8) is 0 Å². The Morgan fingerprint density at radius 1 is 0.757 bits per heavy atom. The van der Waals surface area contributed by atoms with Gasteiger partial charge in [-0.2, -0.15) is 9.29 Å². The molecule has 74 heavy (non-hydrogen) atoms. The van der Waals surface area contributed by atoms with E-state index in [2.05, 4.69) is 42.2 Å². The predicted molar refractivity (Wildman–Crippen MR) is 285 cm³/mol. The topological polar surface area (TPSA) is 286 Å². The van der Waals surface area contributed by atoms with Gasteiger partial charge in [0.2, 0.25) is 0 Å².